The Morgan fingerprint density at radius 1 is 1.26 bits per heavy atom. The van der Waals surface area contributed by atoms with Crippen LogP contribution in [0, 0.1) is 0 Å². The first kappa shape index (κ1) is 13.7. The lowest BCUT2D eigenvalue weighted by atomic mass is 10.0. The van der Waals surface area contributed by atoms with Crippen molar-refractivity contribution in [1.29, 1.82) is 0 Å². The average Bonchev–Trinajstić information content (AvgIpc) is 2.88. The summed E-state index contributed by atoms with van der Waals surface area (Å²) in [5, 5.41) is 24.1. The first-order valence-corrected chi connectivity index (χ1v) is 6.50. The van der Waals surface area contributed by atoms with Gasteiger partial charge in [-0.25, -0.2) is 0 Å². The number of rotatable bonds is 6. The van der Waals surface area contributed by atoms with Gasteiger partial charge >= 0.3 is 0 Å². The second-order valence-corrected chi connectivity index (χ2v) is 4.94. The molecule has 3 N–H and O–H groups in total. The second kappa shape index (κ2) is 5.95. The van der Waals surface area contributed by atoms with Crippen molar-refractivity contribution < 1.29 is 5.11 Å². The van der Waals surface area contributed by atoms with Crippen LogP contribution in [0.2, 0.25) is 0 Å². The molecule has 2 aromatic rings. The van der Waals surface area contributed by atoms with Gasteiger partial charge in [0, 0.05) is 18.7 Å². The van der Waals surface area contributed by atoms with E-state index >= 15 is 0 Å². The Morgan fingerprint density at radius 2 is 2.00 bits per heavy atom. The van der Waals surface area contributed by atoms with Crippen LogP contribution in [0.1, 0.15) is 26.0 Å². The molecule has 5 heteroatoms. The molecular weight excluding hydrogens is 240 g/mol. The minimum absolute atomic E-state index is 0.532. The quantitative estimate of drug-likeness (QED) is 0.739. The normalized spacial score (nSPS) is 14.3. The predicted octanol–water partition coefficient (Wildman–Crippen LogP) is 1.72. The summed E-state index contributed by atoms with van der Waals surface area (Å²) in [6.45, 7) is 4.90. The van der Waals surface area contributed by atoms with Gasteiger partial charge in [0.15, 0.2) is 0 Å². The fourth-order valence-electron chi connectivity index (χ4n) is 1.78. The molecule has 0 amide bonds. The number of benzene rings is 1. The lowest BCUT2D eigenvalue weighted by molar-refractivity contribution is 0.0555. The maximum absolute atomic E-state index is 9.93. The SMILES string of the molecule is CCC(C)(O)CNCc1n[nH]nc1-c1ccccc1. The number of hydrogen-bond donors (Lipinski definition) is 3. The third-order valence-corrected chi connectivity index (χ3v) is 3.23. The summed E-state index contributed by atoms with van der Waals surface area (Å²) < 4.78 is 0. The van der Waals surface area contributed by atoms with Gasteiger partial charge in [-0.15, -0.1) is 0 Å². The lowest BCUT2D eigenvalue weighted by Gasteiger charge is -2.21. The van der Waals surface area contributed by atoms with Crippen molar-refractivity contribution in [3.63, 3.8) is 0 Å². The van der Waals surface area contributed by atoms with Gasteiger partial charge in [0.05, 0.1) is 5.60 Å². The largest absolute Gasteiger partial charge is 0.389 e. The molecule has 0 radical (unpaired) electrons. The van der Waals surface area contributed by atoms with Crippen LogP contribution in [0.15, 0.2) is 30.3 Å². The highest BCUT2D eigenvalue weighted by molar-refractivity contribution is 5.60. The van der Waals surface area contributed by atoms with Crippen molar-refractivity contribution in [2.24, 2.45) is 0 Å². The molecule has 0 aliphatic rings. The molecule has 0 aliphatic heterocycles. The van der Waals surface area contributed by atoms with Gasteiger partial charge < -0.3 is 10.4 Å². The summed E-state index contributed by atoms with van der Waals surface area (Å²) in [5.41, 5.74) is 2.06. The van der Waals surface area contributed by atoms with Crippen LogP contribution in [-0.2, 0) is 6.54 Å². The van der Waals surface area contributed by atoms with Gasteiger partial charge in [-0.1, -0.05) is 37.3 Å². The minimum Gasteiger partial charge on any atom is -0.389 e. The van der Waals surface area contributed by atoms with Gasteiger partial charge in [0.1, 0.15) is 11.4 Å². The molecule has 0 saturated carbocycles. The van der Waals surface area contributed by atoms with E-state index < -0.39 is 5.60 Å². The Labute approximate surface area is 113 Å². The molecular formula is C14H20N4O. The second-order valence-electron chi connectivity index (χ2n) is 4.94. The maximum atomic E-state index is 9.93. The lowest BCUT2D eigenvalue weighted by Crippen LogP contribution is -2.36. The highest BCUT2D eigenvalue weighted by atomic mass is 16.3. The fourth-order valence-corrected chi connectivity index (χ4v) is 1.78. The molecule has 0 bridgehead atoms. The Morgan fingerprint density at radius 3 is 2.68 bits per heavy atom. The number of nitrogens with one attached hydrogen (secondary N) is 2. The molecule has 1 heterocycles. The van der Waals surface area contributed by atoms with Crippen LogP contribution in [-0.4, -0.2) is 32.7 Å². The zero-order valence-electron chi connectivity index (χ0n) is 11.3. The minimum atomic E-state index is -0.684. The monoisotopic (exact) mass is 260 g/mol. The van der Waals surface area contributed by atoms with Crippen LogP contribution in [0.3, 0.4) is 0 Å². The topological polar surface area (TPSA) is 73.8 Å². The van der Waals surface area contributed by atoms with Crippen molar-refractivity contribution in [3.05, 3.63) is 36.0 Å². The zero-order chi connectivity index (χ0) is 13.7. The molecule has 0 saturated heterocycles. The van der Waals surface area contributed by atoms with Gasteiger partial charge in [-0.3, -0.25) is 0 Å². The molecule has 0 fully saturated rings. The van der Waals surface area contributed by atoms with Crippen LogP contribution >= 0.6 is 0 Å². The average molecular weight is 260 g/mol. The van der Waals surface area contributed by atoms with Crippen LogP contribution in [0.4, 0.5) is 0 Å². The van der Waals surface area contributed by atoms with Crippen LogP contribution in [0.5, 0.6) is 0 Å². The van der Waals surface area contributed by atoms with E-state index in [2.05, 4.69) is 20.7 Å². The summed E-state index contributed by atoms with van der Waals surface area (Å²) in [7, 11) is 0. The first-order valence-electron chi connectivity index (χ1n) is 6.50. The predicted molar refractivity (Wildman–Crippen MR) is 74.4 cm³/mol. The molecule has 2 rings (SSSR count). The Bertz CT molecular complexity index is 507. The Hall–Kier alpha value is -1.72. The molecule has 1 aromatic carbocycles. The van der Waals surface area contributed by atoms with E-state index in [1.807, 2.05) is 44.2 Å². The number of H-pyrrole nitrogens is 1. The third-order valence-electron chi connectivity index (χ3n) is 3.23. The molecule has 1 atom stereocenters. The molecule has 1 unspecified atom stereocenters. The summed E-state index contributed by atoms with van der Waals surface area (Å²) in [6.07, 6.45) is 0.713. The van der Waals surface area contributed by atoms with E-state index in [9.17, 15) is 5.11 Å². The van der Waals surface area contributed by atoms with Crippen molar-refractivity contribution >= 4 is 0 Å². The Kier molecular flexibility index (Phi) is 4.29. The molecule has 102 valence electrons. The van der Waals surface area contributed by atoms with E-state index in [4.69, 9.17) is 0 Å². The fraction of sp³-hybridized carbons (Fsp3) is 0.429. The van der Waals surface area contributed by atoms with Gasteiger partial charge in [-0.05, 0) is 13.3 Å². The smallest absolute Gasteiger partial charge is 0.117 e. The molecule has 5 nitrogen and oxygen atoms in total. The number of aromatic amines is 1. The highest BCUT2D eigenvalue weighted by Gasteiger charge is 2.17. The Balaban J connectivity index is 2.01. The summed E-state index contributed by atoms with van der Waals surface area (Å²) in [6, 6.07) is 9.93. The van der Waals surface area contributed by atoms with Crippen molar-refractivity contribution in [2.75, 3.05) is 6.54 Å². The highest BCUT2D eigenvalue weighted by Crippen LogP contribution is 2.18. The van der Waals surface area contributed by atoms with Gasteiger partial charge in [0.25, 0.3) is 0 Å². The number of aromatic nitrogens is 3. The summed E-state index contributed by atoms with van der Waals surface area (Å²) >= 11 is 0. The number of hydrogen-bond acceptors (Lipinski definition) is 4. The first-order chi connectivity index (χ1) is 9.12. The van der Waals surface area contributed by atoms with Crippen LogP contribution in [0.25, 0.3) is 11.3 Å². The maximum Gasteiger partial charge on any atom is 0.117 e. The van der Waals surface area contributed by atoms with Gasteiger partial charge in [-0.2, -0.15) is 15.4 Å². The molecule has 0 aliphatic carbocycles. The van der Waals surface area contributed by atoms with Crippen molar-refractivity contribution in [1.82, 2.24) is 20.7 Å². The zero-order valence-corrected chi connectivity index (χ0v) is 11.3. The van der Waals surface area contributed by atoms with E-state index in [1.54, 1.807) is 0 Å². The van der Waals surface area contributed by atoms with Gasteiger partial charge in [0.2, 0.25) is 0 Å². The summed E-state index contributed by atoms with van der Waals surface area (Å²) in [5.74, 6) is 0. The third kappa shape index (κ3) is 3.62. The van der Waals surface area contributed by atoms with Crippen molar-refractivity contribution in [2.45, 2.75) is 32.4 Å². The molecule has 19 heavy (non-hydrogen) atoms. The summed E-state index contributed by atoms with van der Waals surface area (Å²) in [4.78, 5) is 0. The number of aliphatic hydroxyl groups is 1. The standard InChI is InChI=1S/C14H20N4O/c1-3-14(2,19)10-15-9-12-13(17-18-16-12)11-7-5-4-6-8-11/h4-8,15,19H,3,9-10H2,1-2H3,(H,16,17,18). The van der Waals surface area contributed by atoms with E-state index in [0.29, 0.717) is 19.5 Å². The molecule has 1 aromatic heterocycles. The van der Waals surface area contributed by atoms with E-state index in [-0.39, 0.29) is 0 Å². The van der Waals surface area contributed by atoms with E-state index in [1.165, 1.54) is 0 Å². The molecule has 0 spiro atoms. The van der Waals surface area contributed by atoms with Crippen molar-refractivity contribution in [3.8, 4) is 11.3 Å². The number of nitrogens with zero attached hydrogens (tertiary/aromatic N) is 2. The van der Waals surface area contributed by atoms with Crippen LogP contribution < -0.4 is 5.32 Å². The van der Waals surface area contributed by atoms with E-state index in [0.717, 1.165) is 17.0 Å².